The van der Waals surface area contributed by atoms with Gasteiger partial charge in [0.25, 0.3) is 0 Å². The Bertz CT molecular complexity index is 1450. The second-order valence-corrected chi connectivity index (χ2v) is 10.1. The van der Waals surface area contributed by atoms with Gasteiger partial charge in [-0.05, 0) is 60.8 Å². The number of aromatic nitrogens is 2. The maximum Gasteiger partial charge on any atom is 0.225 e. The second kappa shape index (κ2) is 9.35. The van der Waals surface area contributed by atoms with Gasteiger partial charge in [0.15, 0.2) is 0 Å². The number of nitrogens with zero attached hydrogens (tertiary/aromatic N) is 2. The van der Waals surface area contributed by atoms with E-state index in [4.69, 9.17) is 28.9 Å². The normalized spacial score (nSPS) is 15.2. The number of aryl methyl sites for hydroxylation is 2. The highest BCUT2D eigenvalue weighted by Crippen LogP contribution is 2.48. The molecule has 38 heavy (non-hydrogen) atoms. The van der Waals surface area contributed by atoms with Crippen LogP contribution in [0.4, 0.5) is 0 Å². The third-order valence-electron chi connectivity index (χ3n) is 7.99. The van der Waals surface area contributed by atoms with E-state index in [0.29, 0.717) is 13.2 Å². The zero-order valence-corrected chi connectivity index (χ0v) is 21.8. The number of methoxy groups -OCH3 is 2. The van der Waals surface area contributed by atoms with Gasteiger partial charge < -0.3 is 18.9 Å². The molecular weight excluding hydrogens is 476 g/mol. The summed E-state index contributed by atoms with van der Waals surface area (Å²) in [6.07, 6.45) is 6.49. The molecule has 0 bridgehead atoms. The van der Waals surface area contributed by atoms with Gasteiger partial charge in [0.2, 0.25) is 11.8 Å². The van der Waals surface area contributed by atoms with Crippen LogP contribution in [0.2, 0.25) is 0 Å². The Morgan fingerprint density at radius 2 is 1.05 bits per heavy atom. The number of benzene rings is 2. The number of pyridine rings is 2. The lowest BCUT2D eigenvalue weighted by atomic mass is 9.96. The highest BCUT2D eigenvalue weighted by molar-refractivity contribution is 5.82. The molecule has 192 valence electrons. The van der Waals surface area contributed by atoms with Crippen LogP contribution in [-0.4, -0.2) is 24.2 Å². The van der Waals surface area contributed by atoms with Gasteiger partial charge in [-0.3, -0.25) is 0 Å². The van der Waals surface area contributed by atoms with Gasteiger partial charge in [-0.2, -0.15) is 0 Å². The van der Waals surface area contributed by atoms with Gasteiger partial charge in [0.05, 0.1) is 36.7 Å². The zero-order chi connectivity index (χ0) is 25.6. The molecule has 4 aliphatic rings. The summed E-state index contributed by atoms with van der Waals surface area (Å²) in [4.78, 5) is 9.40. The van der Waals surface area contributed by atoms with Crippen LogP contribution in [0.5, 0.6) is 23.3 Å². The van der Waals surface area contributed by atoms with Gasteiger partial charge in [-0.15, -0.1) is 0 Å². The van der Waals surface area contributed by atoms with Crippen LogP contribution in [0.3, 0.4) is 0 Å². The molecule has 0 saturated heterocycles. The van der Waals surface area contributed by atoms with Crippen molar-refractivity contribution in [2.24, 2.45) is 0 Å². The highest BCUT2D eigenvalue weighted by Gasteiger charge is 2.30. The van der Waals surface area contributed by atoms with Crippen LogP contribution in [0.1, 0.15) is 46.5 Å². The number of fused-ring (bicyclic) bond motifs is 8. The van der Waals surface area contributed by atoms with Crippen molar-refractivity contribution < 1.29 is 18.9 Å². The minimum Gasteiger partial charge on any atom is -0.496 e. The Balaban J connectivity index is 0.000000127. The van der Waals surface area contributed by atoms with E-state index < -0.39 is 0 Å². The van der Waals surface area contributed by atoms with Crippen molar-refractivity contribution in [3.05, 3.63) is 82.2 Å². The molecule has 4 heterocycles. The van der Waals surface area contributed by atoms with Crippen LogP contribution in [0, 0.1) is 0 Å². The molecule has 2 aromatic carbocycles. The maximum absolute atomic E-state index is 5.83. The molecule has 0 fully saturated rings. The van der Waals surface area contributed by atoms with Crippen molar-refractivity contribution in [3.8, 4) is 45.5 Å². The van der Waals surface area contributed by atoms with Gasteiger partial charge in [0.1, 0.15) is 24.7 Å². The molecule has 6 heteroatoms. The van der Waals surface area contributed by atoms with Gasteiger partial charge in [0, 0.05) is 11.1 Å². The van der Waals surface area contributed by atoms with Crippen molar-refractivity contribution in [2.75, 3.05) is 14.2 Å². The first-order valence-corrected chi connectivity index (χ1v) is 13.4. The van der Waals surface area contributed by atoms with Crippen LogP contribution in [0.15, 0.2) is 48.5 Å². The van der Waals surface area contributed by atoms with Crippen molar-refractivity contribution in [1.29, 1.82) is 0 Å². The summed E-state index contributed by atoms with van der Waals surface area (Å²) in [5.41, 5.74) is 11.7. The summed E-state index contributed by atoms with van der Waals surface area (Å²) in [6, 6.07) is 16.7. The fourth-order valence-corrected chi connectivity index (χ4v) is 6.25. The fourth-order valence-electron chi connectivity index (χ4n) is 6.25. The molecule has 0 amide bonds. The summed E-state index contributed by atoms with van der Waals surface area (Å²) < 4.78 is 23.0. The molecular formula is C32H30N2O4. The Hall–Kier alpha value is -4.06. The number of hydrogen-bond acceptors (Lipinski definition) is 6. The van der Waals surface area contributed by atoms with Crippen molar-refractivity contribution in [2.45, 2.75) is 51.7 Å². The van der Waals surface area contributed by atoms with E-state index in [-0.39, 0.29) is 0 Å². The average molecular weight is 507 g/mol. The predicted molar refractivity (Wildman–Crippen MR) is 145 cm³/mol. The summed E-state index contributed by atoms with van der Waals surface area (Å²) in [7, 11) is 3.48. The predicted octanol–water partition coefficient (Wildman–Crippen LogP) is 6.28. The standard InChI is InChI=1S/2C16H15NO2/c2*1-18-15-12-7-4-8-13(12)17-16-14(15)11-6-3-2-5-10(11)9-19-16/h2*2-3,5-6H,4,7-9H2,1H3. The van der Waals surface area contributed by atoms with Gasteiger partial charge in [-0.1, -0.05) is 48.5 Å². The Labute approximate surface area is 222 Å². The molecule has 0 N–H and O–H groups in total. The molecule has 0 spiro atoms. The summed E-state index contributed by atoms with van der Waals surface area (Å²) in [5, 5.41) is 0. The van der Waals surface area contributed by atoms with Crippen LogP contribution in [-0.2, 0) is 38.9 Å². The smallest absolute Gasteiger partial charge is 0.225 e. The van der Waals surface area contributed by atoms with E-state index >= 15 is 0 Å². The number of hydrogen-bond donors (Lipinski definition) is 0. The Morgan fingerprint density at radius 3 is 1.50 bits per heavy atom. The summed E-state index contributed by atoms with van der Waals surface area (Å²) in [6.45, 7) is 1.19. The van der Waals surface area contributed by atoms with Crippen molar-refractivity contribution >= 4 is 0 Å². The molecule has 4 aromatic rings. The number of rotatable bonds is 2. The molecule has 6 nitrogen and oxygen atoms in total. The van der Waals surface area contributed by atoms with E-state index in [1.165, 1.54) is 33.4 Å². The minimum atomic E-state index is 0.595. The quantitative estimate of drug-likeness (QED) is 0.319. The van der Waals surface area contributed by atoms with Gasteiger partial charge >= 0.3 is 0 Å². The van der Waals surface area contributed by atoms with Crippen LogP contribution in [0.25, 0.3) is 22.3 Å². The van der Waals surface area contributed by atoms with E-state index in [1.54, 1.807) is 14.2 Å². The largest absolute Gasteiger partial charge is 0.496 e. The monoisotopic (exact) mass is 506 g/mol. The van der Waals surface area contributed by atoms with Crippen LogP contribution >= 0.6 is 0 Å². The molecule has 8 rings (SSSR count). The minimum absolute atomic E-state index is 0.595. The fraction of sp³-hybridized carbons (Fsp3) is 0.312. The first-order chi connectivity index (χ1) is 18.8. The average Bonchev–Trinajstić information content (AvgIpc) is 3.64. The maximum atomic E-state index is 5.83. The van der Waals surface area contributed by atoms with E-state index in [0.717, 1.165) is 84.3 Å². The lowest BCUT2D eigenvalue weighted by Gasteiger charge is -2.23. The molecule has 0 atom stereocenters. The number of ether oxygens (including phenoxy) is 4. The third-order valence-corrected chi connectivity index (χ3v) is 7.99. The SMILES string of the molecule is COc1c2c(nc3c1-c1ccccc1CO3)CCC2.COc1c2c(nc3c1-c1ccccc1CO3)CCC2. The van der Waals surface area contributed by atoms with E-state index in [9.17, 15) is 0 Å². The summed E-state index contributed by atoms with van der Waals surface area (Å²) >= 11 is 0. The Morgan fingerprint density at radius 1 is 0.605 bits per heavy atom. The van der Waals surface area contributed by atoms with E-state index in [1.807, 2.05) is 12.1 Å². The third kappa shape index (κ3) is 3.62. The van der Waals surface area contributed by atoms with Crippen molar-refractivity contribution in [3.63, 3.8) is 0 Å². The molecule has 0 radical (unpaired) electrons. The molecule has 0 unspecified atom stereocenters. The second-order valence-electron chi connectivity index (χ2n) is 10.1. The van der Waals surface area contributed by atoms with Gasteiger partial charge in [-0.25, -0.2) is 9.97 Å². The first kappa shape index (κ1) is 23.1. The first-order valence-electron chi connectivity index (χ1n) is 13.4. The van der Waals surface area contributed by atoms with Crippen molar-refractivity contribution in [1.82, 2.24) is 9.97 Å². The summed E-state index contributed by atoms with van der Waals surface area (Å²) in [5.74, 6) is 3.39. The molecule has 2 aliphatic carbocycles. The molecule has 2 aromatic heterocycles. The van der Waals surface area contributed by atoms with E-state index in [2.05, 4.69) is 36.4 Å². The molecule has 0 saturated carbocycles. The highest BCUT2D eigenvalue weighted by atomic mass is 16.5. The van der Waals surface area contributed by atoms with Crippen LogP contribution < -0.4 is 18.9 Å². The lowest BCUT2D eigenvalue weighted by Crippen LogP contribution is -2.10. The Kier molecular flexibility index (Phi) is 5.68. The topological polar surface area (TPSA) is 62.7 Å². The lowest BCUT2D eigenvalue weighted by molar-refractivity contribution is 0.286. The zero-order valence-electron chi connectivity index (χ0n) is 21.8. The molecule has 2 aliphatic heterocycles.